The third-order valence-corrected chi connectivity index (χ3v) is 3.03. The van der Waals surface area contributed by atoms with Gasteiger partial charge in [-0.05, 0) is 42.5 Å². The van der Waals surface area contributed by atoms with Crippen LogP contribution in [0.4, 0.5) is 4.39 Å². The summed E-state index contributed by atoms with van der Waals surface area (Å²) in [6.45, 7) is 0. The number of rotatable bonds is 2. The van der Waals surface area contributed by atoms with Gasteiger partial charge in [0.1, 0.15) is 5.82 Å². The number of carbonyl (C=O) groups excluding carboxylic acids is 1. The summed E-state index contributed by atoms with van der Waals surface area (Å²) in [5.74, 6) is -1.38. The van der Waals surface area contributed by atoms with Crippen molar-refractivity contribution in [2.45, 2.75) is 0 Å². The molecule has 0 bridgehead atoms. The molecule has 3 rings (SSSR count). The molecule has 0 atom stereocenters. The van der Waals surface area contributed by atoms with Crippen LogP contribution < -0.4 is 5.73 Å². The molecule has 1 amide bonds. The lowest BCUT2D eigenvalue weighted by Crippen LogP contribution is -2.13. The highest BCUT2D eigenvalue weighted by molar-refractivity contribution is 5.94. The van der Waals surface area contributed by atoms with Crippen LogP contribution in [-0.2, 0) is 0 Å². The van der Waals surface area contributed by atoms with E-state index in [1.807, 2.05) is 29.0 Å². The Morgan fingerprint density at radius 1 is 1.26 bits per heavy atom. The smallest absolute Gasteiger partial charge is 0.251 e. The molecule has 0 spiro atoms. The molecule has 2 aromatic carbocycles. The van der Waals surface area contributed by atoms with Crippen molar-refractivity contribution in [3.63, 3.8) is 0 Å². The van der Waals surface area contributed by atoms with Crippen LogP contribution in [0.5, 0.6) is 0 Å². The van der Waals surface area contributed by atoms with Gasteiger partial charge in [0.15, 0.2) is 0 Å². The first-order valence-electron chi connectivity index (χ1n) is 5.74. The molecule has 0 saturated heterocycles. The van der Waals surface area contributed by atoms with E-state index in [-0.39, 0.29) is 5.56 Å². The largest absolute Gasteiger partial charge is 0.366 e. The van der Waals surface area contributed by atoms with Gasteiger partial charge in [0.2, 0.25) is 0 Å². The fourth-order valence-corrected chi connectivity index (χ4v) is 2.10. The molecule has 93 valence electrons. The van der Waals surface area contributed by atoms with Gasteiger partial charge in [-0.2, -0.15) is 0 Å². The fourth-order valence-electron chi connectivity index (χ4n) is 2.10. The quantitative estimate of drug-likeness (QED) is 0.750. The molecule has 0 saturated carbocycles. The highest BCUT2D eigenvalue weighted by Gasteiger charge is 2.10. The van der Waals surface area contributed by atoms with Crippen LogP contribution in [0, 0.1) is 11.9 Å². The second kappa shape index (κ2) is 4.24. The molecule has 1 heterocycles. The van der Waals surface area contributed by atoms with Crippen molar-refractivity contribution in [1.82, 2.24) is 4.57 Å². The molecular formula is C15H10FN2O. The van der Waals surface area contributed by atoms with Crippen molar-refractivity contribution in [2.24, 2.45) is 5.73 Å². The number of nitrogens with two attached hydrogens (primary N) is 1. The van der Waals surface area contributed by atoms with E-state index < -0.39 is 11.7 Å². The summed E-state index contributed by atoms with van der Waals surface area (Å²) < 4.78 is 15.3. The Balaban J connectivity index is 2.22. The van der Waals surface area contributed by atoms with E-state index in [0.717, 1.165) is 10.9 Å². The zero-order valence-electron chi connectivity index (χ0n) is 9.93. The van der Waals surface area contributed by atoms with Gasteiger partial charge in [-0.15, -0.1) is 0 Å². The molecule has 4 heteroatoms. The van der Waals surface area contributed by atoms with Gasteiger partial charge in [-0.25, -0.2) is 4.39 Å². The van der Waals surface area contributed by atoms with E-state index in [4.69, 9.17) is 5.73 Å². The Hall–Kier alpha value is -2.62. The van der Waals surface area contributed by atoms with Crippen molar-refractivity contribution < 1.29 is 9.18 Å². The predicted molar refractivity (Wildman–Crippen MR) is 70.6 cm³/mol. The van der Waals surface area contributed by atoms with Crippen LogP contribution in [0.25, 0.3) is 16.6 Å². The summed E-state index contributed by atoms with van der Waals surface area (Å²) in [7, 11) is 0. The van der Waals surface area contributed by atoms with Crippen LogP contribution in [0.3, 0.4) is 0 Å². The number of primary amides is 1. The second-order valence-corrected chi connectivity index (χ2v) is 4.20. The molecule has 1 radical (unpaired) electrons. The maximum atomic E-state index is 13.5. The minimum Gasteiger partial charge on any atom is -0.366 e. The normalized spacial score (nSPS) is 10.8. The first-order chi connectivity index (χ1) is 9.16. The van der Waals surface area contributed by atoms with E-state index in [9.17, 15) is 9.18 Å². The summed E-state index contributed by atoms with van der Waals surface area (Å²) in [6, 6.07) is 14.8. The van der Waals surface area contributed by atoms with Crippen LogP contribution in [-0.4, -0.2) is 10.5 Å². The van der Waals surface area contributed by atoms with E-state index in [1.165, 1.54) is 12.1 Å². The molecule has 0 aliphatic carbocycles. The van der Waals surface area contributed by atoms with E-state index in [2.05, 4.69) is 6.07 Å². The lowest BCUT2D eigenvalue weighted by atomic mass is 10.1. The Labute approximate surface area is 109 Å². The molecule has 19 heavy (non-hydrogen) atoms. The molecular weight excluding hydrogens is 243 g/mol. The average molecular weight is 253 g/mol. The van der Waals surface area contributed by atoms with E-state index in [0.29, 0.717) is 5.69 Å². The van der Waals surface area contributed by atoms with Crippen LogP contribution in [0.1, 0.15) is 10.4 Å². The Morgan fingerprint density at radius 2 is 2.11 bits per heavy atom. The minimum absolute atomic E-state index is 0.109. The predicted octanol–water partition coefficient (Wildman–Crippen LogP) is 2.67. The second-order valence-electron chi connectivity index (χ2n) is 4.20. The molecule has 1 aromatic heterocycles. The standard InChI is InChI=1S/C15H10FN2O/c16-13-6-5-11(9-12(13)15(17)19)18-8-7-10-3-1-2-4-14(10)18/h2-9H,(H2,17,19). The number of carbonyl (C=O) groups is 1. The third kappa shape index (κ3) is 1.87. The highest BCUT2D eigenvalue weighted by Crippen LogP contribution is 2.21. The van der Waals surface area contributed by atoms with E-state index >= 15 is 0 Å². The number of benzene rings is 2. The van der Waals surface area contributed by atoms with Gasteiger partial charge in [0.25, 0.3) is 5.91 Å². The molecule has 0 unspecified atom stereocenters. The molecule has 0 aliphatic rings. The van der Waals surface area contributed by atoms with Crippen molar-refractivity contribution in [3.05, 3.63) is 66.1 Å². The topological polar surface area (TPSA) is 48.0 Å². The fraction of sp³-hybridized carbons (Fsp3) is 0. The lowest BCUT2D eigenvalue weighted by Gasteiger charge is -2.07. The first kappa shape index (κ1) is 11.5. The molecule has 2 N–H and O–H groups in total. The van der Waals surface area contributed by atoms with Gasteiger partial charge >= 0.3 is 0 Å². The van der Waals surface area contributed by atoms with Gasteiger partial charge in [-0.3, -0.25) is 4.79 Å². The molecule has 3 nitrogen and oxygen atoms in total. The van der Waals surface area contributed by atoms with Crippen molar-refractivity contribution >= 4 is 16.8 Å². The summed E-state index contributed by atoms with van der Waals surface area (Å²) in [5.41, 5.74) is 6.70. The van der Waals surface area contributed by atoms with Gasteiger partial charge in [0, 0.05) is 17.3 Å². The monoisotopic (exact) mass is 253 g/mol. The number of fused-ring (bicyclic) bond motifs is 1. The molecule has 0 aliphatic heterocycles. The first-order valence-corrected chi connectivity index (χ1v) is 5.74. The maximum Gasteiger partial charge on any atom is 0.251 e. The number of hydrogen-bond acceptors (Lipinski definition) is 1. The molecule has 0 fully saturated rings. The molecule has 3 aromatic rings. The average Bonchev–Trinajstić information content (AvgIpc) is 2.83. The minimum atomic E-state index is -0.774. The van der Waals surface area contributed by atoms with E-state index in [1.54, 1.807) is 12.1 Å². The summed E-state index contributed by atoms with van der Waals surface area (Å²) in [4.78, 5) is 11.2. The Morgan fingerprint density at radius 3 is 2.89 bits per heavy atom. The number of amides is 1. The number of nitrogens with zero attached hydrogens (tertiary/aromatic N) is 1. The van der Waals surface area contributed by atoms with Gasteiger partial charge in [0.05, 0.1) is 11.1 Å². The van der Waals surface area contributed by atoms with Crippen LogP contribution in [0.2, 0.25) is 0 Å². The summed E-state index contributed by atoms with van der Waals surface area (Å²) in [5, 5.41) is 1.02. The lowest BCUT2D eigenvalue weighted by molar-refractivity contribution is 0.0996. The number of hydrogen-bond donors (Lipinski definition) is 1. The van der Waals surface area contributed by atoms with Crippen molar-refractivity contribution in [1.29, 1.82) is 0 Å². The number of aromatic nitrogens is 1. The third-order valence-electron chi connectivity index (χ3n) is 3.03. The number of halogens is 1. The zero-order chi connectivity index (χ0) is 13.4. The summed E-state index contributed by atoms with van der Waals surface area (Å²) >= 11 is 0. The highest BCUT2D eigenvalue weighted by atomic mass is 19.1. The van der Waals surface area contributed by atoms with Crippen LogP contribution in [0.15, 0.2) is 48.7 Å². The Kier molecular flexibility index (Phi) is 2.56. The van der Waals surface area contributed by atoms with Crippen molar-refractivity contribution in [2.75, 3.05) is 0 Å². The van der Waals surface area contributed by atoms with Crippen molar-refractivity contribution in [3.8, 4) is 5.69 Å². The van der Waals surface area contributed by atoms with Crippen LogP contribution >= 0.6 is 0 Å². The SMILES string of the molecule is NC(=O)c1cc(-n2ccc3c[c]ccc32)ccc1F. The maximum absolute atomic E-state index is 13.5. The zero-order valence-corrected chi connectivity index (χ0v) is 9.93. The van der Waals surface area contributed by atoms with Gasteiger partial charge in [-0.1, -0.05) is 6.07 Å². The summed E-state index contributed by atoms with van der Waals surface area (Å²) in [6.07, 6.45) is 1.86. The Bertz CT molecular complexity index is 777. The van der Waals surface area contributed by atoms with Gasteiger partial charge < -0.3 is 10.3 Å².